The molecule has 7 heteroatoms. The van der Waals surface area contributed by atoms with Crippen LogP contribution in [0.4, 0.5) is 17.6 Å². The molecule has 90 valence electrons. The molecular formula is C10H5F4NO2. The molecule has 0 aliphatic rings. The van der Waals surface area contributed by atoms with Crippen LogP contribution in [0.3, 0.4) is 0 Å². The SMILES string of the molecule is [C-]#[N+]Cc1cc(C(F)(F)F)c(F)cc1C(=O)O. The van der Waals surface area contributed by atoms with Crippen LogP contribution in [0.2, 0.25) is 0 Å². The first kappa shape index (κ1) is 13.0. The Morgan fingerprint density at radius 2 is 2.00 bits per heavy atom. The molecule has 0 unspecified atom stereocenters. The van der Waals surface area contributed by atoms with Crippen LogP contribution >= 0.6 is 0 Å². The molecule has 0 radical (unpaired) electrons. The summed E-state index contributed by atoms with van der Waals surface area (Å²) in [5.74, 6) is -3.24. The van der Waals surface area contributed by atoms with E-state index in [0.29, 0.717) is 6.07 Å². The third-order valence-electron chi connectivity index (χ3n) is 1.98. The number of hydrogen-bond acceptors (Lipinski definition) is 1. The van der Waals surface area contributed by atoms with Gasteiger partial charge in [-0.2, -0.15) is 13.2 Å². The molecule has 3 nitrogen and oxygen atoms in total. The zero-order valence-corrected chi connectivity index (χ0v) is 8.18. The maximum atomic E-state index is 13.1. The summed E-state index contributed by atoms with van der Waals surface area (Å²) in [5, 5.41) is 8.66. The predicted molar refractivity (Wildman–Crippen MR) is 48.7 cm³/mol. The topological polar surface area (TPSA) is 41.7 Å². The normalized spacial score (nSPS) is 11.0. The third-order valence-corrected chi connectivity index (χ3v) is 1.98. The van der Waals surface area contributed by atoms with Crippen LogP contribution in [0, 0.1) is 12.4 Å². The van der Waals surface area contributed by atoms with Gasteiger partial charge in [0.1, 0.15) is 5.82 Å². The molecule has 0 saturated heterocycles. The second-order valence-corrected chi connectivity index (χ2v) is 3.11. The molecule has 1 aromatic carbocycles. The lowest BCUT2D eigenvalue weighted by Gasteiger charge is -2.10. The molecule has 0 fully saturated rings. The first-order valence-corrected chi connectivity index (χ1v) is 4.23. The molecule has 0 heterocycles. The van der Waals surface area contributed by atoms with Gasteiger partial charge in [-0.3, -0.25) is 0 Å². The fourth-order valence-electron chi connectivity index (χ4n) is 1.25. The number of halogens is 4. The molecular weight excluding hydrogens is 242 g/mol. The van der Waals surface area contributed by atoms with Gasteiger partial charge in [-0.25, -0.2) is 15.8 Å². The van der Waals surface area contributed by atoms with E-state index in [1.165, 1.54) is 0 Å². The van der Waals surface area contributed by atoms with Gasteiger partial charge >= 0.3 is 12.1 Å². The zero-order chi connectivity index (χ0) is 13.2. The number of nitrogens with zero attached hydrogens (tertiary/aromatic N) is 1. The molecule has 1 N–H and O–H groups in total. The first-order valence-electron chi connectivity index (χ1n) is 4.23. The second kappa shape index (κ2) is 4.41. The fourth-order valence-corrected chi connectivity index (χ4v) is 1.25. The minimum atomic E-state index is -4.92. The lowest BCUT2D eigenvalue weighted by molar-refractivity contribution is -0.140. The Morgan fingerprint density at radius 1 is 1.41 bits per heavy atom. The molecule has 0 bridgehead atoms. The highest BCUT2D eigenvalue weighted by Gasteiger charge is 2.35. The van der Waals surface area contributed by atoms with Gasteiger partial charge in [0.05, 0.1) is 11.1 Å². The lowest BCUT2D eigenvalue weighted by Crippen LogP contribution is -2.12. The van der Waals surface area contributed by atoms with E-state index in [0.717, 1.165) is 0 Å². The largest absolute Gasteiger partial charge is 0.478 e. The molecule has 0 saturated carbocycles. The molecule has 0 aliphatic heterocycles. The number of benzene rings is 1. The van der Waals surface area contributed by atoms with Crippen LogP contribution in [-0.4, -0.2) is 11.1 Å². The molecule has 17 heavy (non-hydrogen) atoms. The summed E-state index contributed by atoms with van der Waals surface area (Å²) in [6.07, 6.45) is -4.92. The highest BCUT2D eigenvalue weighted by molar-refractivity contribution is 5.89. The Labute approximate surface area is 93.1 Å². The van der Waals surface area contributed by atoms with E-state index in [-0.39, 0.29) is 11.6 Å². The quantitative estimate of drug-likeness (QED) is 0.644. The Kier molecular flexibility index (Phi) is 3.36. The van der Waals surface area contributed by atoms with Gasteiger partial charge in [0.2, 0.25) is 6.54 Å². The molecule has 1 rings (SSSR count). The Hall–Kier alpha value is -2.10. The Balaban J connectivity index is 3.46. The van der Waals surface area contributed by atoms with Crippen LogP contribution in [0.5, 0.6) is 0 Å². The minimum Gasteiger partial charge on any atom is -0.478 e. The van der Waals surface area contributed by atoms with E-state index in [4.69, 9.17) is 11.7 Å². The number of hydrogen-bond donors (Lipinski definition) is 1. The molecule has 0 spiro atoms. The van der Waals surface area contributed by atoms with Crippen molar-refractivity contribution in [3.05, 3.63) is 46.1 Å². The molecule has 0 aliphatic carbocycles. The zero-order valence-electron chi connectivity index (χ0n) is 8.18. The van der Waals surface area contributed by atoms with E-state index < -0.39 is 35.6 Å². The summed E-state index contributed by atoms with van der Waals surface area (Å²) in [5.41, 5.74) is -2.56. The van der Waals surface area contributed by atoms with Gasteiger partial charge in [0, 0.05) is 5.56 Å². The maximum absolute atomic E-state index is 13.1. The van der Waals surface area contributed by atoms with Gasteiger partial charge < -0.3 is 9.95 Å². The summed E-state index contributed by atoms with van der Waals surface area (Å²) in [7, 11) is 0. The number of carbonyl (C=O) groups is 1. The Morgan fingerprint density at radius 3 is 2.41 bits per heavy atom. The Bertz CT molecular complexity index is 502. The summed E-state index contributed by atoms with van der Waals surface area (Å²) in [6, 6.07) is 0.641. The summed E-state index contributed by atoms with van der Waals surface area (Å²) in [4.78, 5) is 13.5. The van der Waals surface area contributed by atoms with Crippen molar-refractivity contribution in [2.24, 2.45) is 0 Å². The van der Waals surface area contributed by atoms with Crippen LogP contribution in [0.25, 0.3) is 4.85 Å². The van der Waals surface area contributed by atoms with Crippen LogP contribution in [-0.2, 0) is 12.7 Å². The number of alkyl halides is 3. The van der Waals surface area contributed by atoms with E-state index in [1.807, 2.05) is 0 Å². The van der Waals surface area contributed by atoms with E-state index in [2.05, 4.69) is 4.85 Å². The van der Waals surface area contributed by atoms with Gasteiger partial charge in [0.25, 0.3) is 0 Å². The first-order chi connectivity index (χ1) is 7.77. The summed E-state index contributed by atoms with van der Waals surface area (Å²) in [6.45, 7) is 5.96. The molecule has 0 aromatic heterocycles. The molecule has 0 atom stereocenters. The van der Waals surface area contributed by atoms with Gasteiger partial charge in [-0.1, -0.05) is 0 Å². The van der Waals surface area contributed by atoms with E-state index in [1.54, 1.807) is 0 Å². The van der Waals surface area contributed by atoms with E-state index >= 15 is 0 Å². The molecule has 1 aromatic rings. The van der Waals surface area contributed by atoms with Crippen molar-refractivity contribution in [3.8, 4) is 0 Å². The lowest BCUT2D eigenvalue weighted by atomic mass is 10.0. The third kappa shape index (κ3) is 2.72. The maximum Gasteiger partial charge on any atom is 0.419 e. The van der Waals surface area contributed by atoms with Crippen LogP contribution < -0.4 is 0 Å². The predicted octanol–water partition coefficient (Wildman–Crippen LogP) is 2.96. The average molecular weight is 247 g/mol. The van der Waals surface area contributed by atoms with Crippen molar-refractivity contribution >= 4 is 5.97 Å². The minimum absolute atomic E-state index is 0.283. The highest BCUT2D eigenvalue weighted by Crippen LogP contribution is 2.33. The summed E-state index contributed by atoms with van der Waals surface area (Å²) < 4.78 is 50.1. The van der Waals surface area contributed by atoms with Crippen molar-refractivity contribution in [1.29, 1.82) is 0 Å². The summed E-state index contributed by atoms with van der Waals surface area (Å²) >= 11 is 0. The number of carboxylic acids is 1. The van der Waals surface area contributed by atoms with E-state index in [9.17, 15) is 22.4 Å². The standard InChI is InChI=1S/C10H5F4NO2/c1-15-4-5-2-7(10(12,13)14)8(11)3-6(5)9(16)17/h2-3H,4H2,(H,16,17). The number of aromatic carboxylic acids is 1. The average Bonchev–Trinajstić information content (AvgIpc) is 2.18. The fraction of sp³-hybridized carbons (Fsp3) is 0.200. The smallest absolute Gasteiger partial charge is 0.419 e. The van der Waals surface area contributed by atoms with Crippen molar-refractivity contribution in [1.82, 2.24) is 0 Å². The highest BCUT2D eigenvalue weighted by atomic mass is 19.4. The van der Waals surface area contributed by atoms with Crippen molar-refractivity contribution < 1.29 is 27.5 Å². The second-order valence-electron chi connectivity index (χ2n) is 3.11. The van der Waals surface area contributed by atoms with Crippen LogP contribution in [0.1, 0.15) is 21.5 Å². The molecule has 0 amide bonds. The number of carboxylic acid groups (broad SMARTS) is 1. The van der Waals surface area contributed by atoms with Gasteiger partial charge in [0.15, 0.2) is 0 Å². The van der Waals surface area contributed by atoms with Gasteiger partial charge in [-0.15, -0.1) is 0 Å². The van der Waals surface area contributed by atoms with Gasteiger partial charge in [-0.05, 0) is 12.1 Å². The van der Waals surface area contributed by atoms with Crippen molar-refractivity contribution in [2.75, 3.05) is 0 Å². The number of rotatable bonds is 2. The van der Waals surface area contributed by atoms with Crippen LogP contribution in [0.15, 0.2) is 12.1 Å². The monoisotopic (exact) mass is 247 g/mol. The van der Waals surface area contributed by atoms with Crippen molar-refractivity contribution in [2.45, 2.75) is 12.7 Å². The van der Waals surface area contributed by atoms with Crippen molar-refractivity contribution in [3.63, 3.8) is 0 Å².